The van der Waals surface area contributed by atoms with Crippen LogP contribution in [0.25, 0.3) is 0 Å². The van der Waals surface area contributed by atoms with Crippen LogP contribution in [0.1, 0.15) is 72.6 Å². The topological polar surface area (TPSA) is 91.1 Å². The maximum absolute atomic E-state index is 11.5. The predicted molar refractivity (Wildman–Crippen MR) is 116 cm³/mol. The molecule has 7 heteroatoms. The van der Waals surface area contributed by atoms with Gasteiger partial charge >= 0.3 is 0 Å². The van der Waals surface area contributed by atoms with Gasteiger partial charge in [-0.3, -0.25) is 0 Å². The van der Waals surface area contributed by atoms with E-state index in [1.165, 1.54) is 37.7 Å². The van der Waals surface area contributed by atoms with Gasteiger partial charge in [0.05, 0.1) is 6.26 Å². The van der Waals surface area contributed by atoms with Crippen LogP contribution >= 0.6 is 0 Å². The van der Waals surface area contributed by atoms with Crippen molar-refractivity contribution in [3.63, 3.8) is 0 Å². The summed E-state index contributed by atoms with van der Waals surface area (Å²) < 4.78 is 23.1. The van der Waals surface area contributed by atoms with E-state index in [0.717, 1.165) is 36.0 Å². The fourth-order valence-electron chi connectivity index (χ4n) is 7.57. The van der Waals surface area contributed by atoms with Crippen molar-refractivity contribution >= 4 is 21.4 Å². The molecule has 162 valence electrons. The summed E-state index contributed by atoms with van der Waals surface area (Å²) in [5.74, 6) is 2.92. The SMILES string of the molecule is CC1=C2CC[C@H]3[C@@H]4CC[C@H](C)[C@@]4(C)CC[C@@H]3[C@@]2(C)CC(=NO)C1=NNS(C)(=O)=O. The van der Waals surface area contributed by atoms with E-state index in [4.69, 9.17) is 0 Å². The third kappa shape index (κ3) is 3.15. The maximum atomic E-state index is 11.5. The number of hydrogen-bond acceptors (Lipinski definition) is 5. The van der Waals surface area contributed by atoms with Crippen LogP contribution in [0, 0.1) is 34.5 Å². The highest BCUT2D eigenvalue weighted by molar-refractivity contribution is 7.88. The van der Waals surface area contributed by atoms with E-state index in [1.807, 2.05) is 6.92 Å². The van der Waals surface area contributed by atoms with Gasteiger partial charge in [0.2, 0.25) is 10.0 Å². The number of hydrazone groups is 1. The van der Waals surface area contributed by atoms with Crippen molar-refractivity contribution in [3.05, 3.63) is 11.1 Å². The molecular weight excluding hydrogens is 386 g/mol. The van der Waals surface area contributed by atoms with Gasteiger partial charge < -0.3 is 5.21 Å². The van der Waals surface area contributed by atoms with Crippen molar-refractivity contribution in [2.24, 2.45) is 44.8 Å². The minimum absolute atomic E-state index is 0.0359. The zero-order valence-corrected chi connectivity index (χ0v) is 19.1. The van der Waals surface area contributed by atoms with Crippen LogP contribution in [0.3, 0.4) is 0 Å². The van der Waals surface area contributed by atoms with E-state index in [1.54, 1.807) is 0 Å². The largest absolute Gasteiger partial charge is 0.411 e. The van der Waals surface area contributed by atoms with Crippen LogP contribution in [0.5, 0.6) is 0 Å². The summed E-state index contributed by atoms with van der Waals surface area (Å²) in [6.07, 6.45) is 9.14. The smallest absolute Gasteiger partial charge is 0.244 e. The summed E-state index contributed by atoms with van der Waals surface area (Å²) in [7, 11) is -3.46. The number of fused-ring (bicyclic) bond motifs is 5. The second-order valence-corrected chi connectivity index (χ2v) is 12.2. The van der Waals surface area contributed by atoms with Crippen molar-refractivity contribution < 1.29 is 13.6 Å². The molecule has 0 heterocycles. The Morgan fingerprint density at radius 1 is 1.14 bits per heavy atom. The molecule has 29 heavy (non-hydrogen) atoms. The van der Waals surface area contributed by atoms with Crippen LogP contribution in [0.2, 0.25) is 0 Å². The van der Waals surface area contributed by atoms with Crippen molar-refractivity contribution in [2.45, 2.75) is 72.6 Å². The second-order valence-electron chi connectivity index (χ2n) is 10.5. The summed E-state index contributed by atoms with van der Waals surface area (Å²) in [5.41, 5.74) is 3.79. The summed E-state index contributed by atoms with van der Waals surface area (Å²) >= 11 is 0. The lowest BCUT2D eigenvalue weighted by Crippen LogP contribution is -2.52. The summed E-state index contributed by atoms with van der Waals surface area (Å²) in [4.78, 5) is 2.22. The Balaban J connectivity index is 1.73. The standard InChI is InChI=1S/C22H35N3O3S/c1-13-6-8-17-15-7-9-16-14(2)20(23-25-29(5,27)28)19(24-26)12-22(16,4)18(15)10-11-21(13,17)3/h13,15,17-18,25-26H,6-12H2,1-5H3/t13-,15-,17-,18-,21+,22-/m0/s1. The molecule has 2 N–H and O–H groups in total. The van der Waals surface area contributed by atoms with Crippen molar-refractivity contribution in [2.75, 3.05) is 6.26 Å². The highest BCUT2D eigenvalue weighted by Crippen LogP contribution is 2.66. The number of rotatable bonds is 2. The Morgan fingerprint density at radius 2 is 1.86 bits per heavy atom. The highest BCUT2D eigenvalue weighted by Gasteiger charge is 2.59. The van der Waals surface area contributed by atoms with E-state index in [9.17, 15) is 13.6 Å². The zero-order valence-electron chi connectivity index (χ0n) is 18.3. The average Bonchev–Trinajstić information content (AvgIpc) is 2.94. The Bertz CT molecular complexity index is 906. The normalized spacial score (nSPS) is 45.1. The second kappa shape index (κ2) is 6.82. The Morgan fingerprint density at radius 3 is 2.52 bits per heavy atom. The number of sulfonamides is 1. The molecule has 4 aliphatic rings. The first-order chi connectivity index (χ1) is 13.5. The fourth-order valence-corrected chi connectivity index (χ4v) is 7.83. The first-order valence-corrected chi connectivity index (χ1v) is 12.9. The van der Waals surface area contributed by atoms with Gasteiger partial charge in [0, 0.05) is 6.42 Å². The monoisotopic (exact) mass is 421 g/mol. The third-order valence-corrected chi connectivity index (χ3v) is 9.63. The minimum atomic E-state index is -3.46. The number of allylic oxidation sites excluding steroid dienone is 2. The molecule has 6 nitrogen and oxygen atoms in total. The number of oxime groups is 1. The van der Waals surface area contributed by atoms with Gasteiger partial charge in [-0.15, -0.1) is 0 Å². The zero-order chi connectivity index (χ0) is 21.2. The Kier molecular flexibility index (Phi) is 4.91. The van der Waals surface area contributed by atoms with Crippen LogP contribution in [0.15, 0.2) is 21.4 Å². The Labute approximate surface area is 175 Å². The first kappa shape index (κ1) is 20.9. The van der Waals surface area contributed by atoms with Gasteiger partial charge in [-0.1, -0.05) is 31.5 Å². The lowest BCUT2D eigenvalue weighted by Gasteiger charge is -2.58. The highest BCUT2D eigenvalue weighted by atomic mass is 32.2. The molecule has 0 unspecified atom stereocenters. The van der Waals surface area contributed by atoms with Gasteiger partial charge in [0.15, 0.2) is 0 Å². The molecule has 0 aliphatic heterocycles. The molecule has 0 bridgehead atoms. The molecule has 4 rings (SSSR count). The third-order valence-electron chi connectivity index (χ3n) is 9.21. The quantitative estimate of drug-likeness (QED) is 0.514. The van der Waals surface area contributed by atoms with E-state index >= 15 is 0 Å². The van der Waals surface area contributed by atoms with Gasteiger partial charge in [-0.05, 0) is 85.5 Å². The summed E-state index contributed by atoms with van der Waals surface area (Å²) in [6, 6.07) is 0. The van der Waals surface area contributed by atoms with Gasteiger partial charge in [-0.25, -0.2) is 13.2 Å². The van der Waals surface area contributed by atoms with Crippen LogP contribution in [-0.2, 0) is 10.0 Å². The summed E-state index contributed by atoms with van der Waals surface area (Å²) in [5, 5.41) is 17.4. The Hall–Kier alpha value is -1.37. The predicted octanol–water partition coefficient (Wildman–Crippen LogP) is 4.32. The number of nitrogens with zero attached hydrogens (tertiary/aromatic N) is 2. The average molecular weight is 422 g/mol. The van der Waals surface area contributed by atoms with Gasteiger partial charge in [0.25, 0.3) is 0 Å². The number of nitrogens with one attached hydrogen (secondary N) is 1. The van der Waals surface area contributed by atoms with Crippen LogP contribution in [-0.4, -0.2) is 31.3 Å². The molecule has 4 aliphatic carbocycles. The fraction of sp³-hybridized carbons (Fsp3) is 0.818. The molecule has 0 radical (unpaired) electrons. The van der Waals surface area contributed by atoms with E-state index < -0.39 is 10.0 Å². The molecule has 0 aromatic rings. The molecular formula is C22H35N3O3S. The van der Waals surface area contributed by atoms with Gasteiger partial charge in [-0.2, -0.15) is 5.10 Å². The van der Waals surface area contributed by atoms with Crippen molar-refractivity contribution in [3.8, 4) is 0 Å². The maximum Gasteiger partial charge on any atom is 0.244 e. The van der Waals surface area contributed by atoms with Crippen molar-refractivity contribution in [1.82, 2.24) is 4.83 Å². The van der Waals surface area contributed by atoms with E-state index in [2.05, 4.69) is 35.9 Å². The molecule has 0 aromatic carbocycles. The molecule has 0 spiro atoms. The lowest BCUT2D eigenvalue weighted by atomic mass is 9.46. The molecule has 0 saturated heterocycles. The first-order valence-electron chi connectivity index (χ1n) is 11.0. The van der Waals surface area contributed by atoms with Crippen LogP contribution < -0.4 is 4.83 Å². The molecule has 3 saturated carbocycles. The van der Waals surface area contributed by atoms with Crippen molar-refractivity contribution in [1.29, 1.82) is 0 Å². The molecule has 0 aromatic heterocycles. The van der Waals surface area contributed by atoms with E-state index in [0.29, 0.717) is 29.2 Å². The molecule has 3 fully saturated rings. The summed E-state index contributed by atoms with van der Waals surface area (Å²) in [6.45, 7) is 9.31. The van der Waals surface area contributed by atoms with Crippen LogP contribution in [0.4, 0.5) is 0 Å². The minimum Gasteiger partial charge on any atom is -0.411 e. The molecule has 0 amide bonds. The number of hydrogen-bond donors (Lipinski definition) is 2. The van der Waals surface area contributed by atoms with E-state index in [-0.39, 0.29) is 5.41 Å². The lowest BCUT2D eigenvalue weighted by molar-refractivity contribution is -0.0423. The van der Waals surface area contributed by atoms with Gasteiger partial charge in [0.1, 0.15) is 11.4 Å². The molecule has 6 atom stereocenters.